The summed E-state index contributed by atoms with van der Waals surface area (Å²) in [5, 5.41) is 0. The summed E-state index contributed by atoms with van der Waals surface area (Å²) in [6.45, 7) is 19.7. The summed E-state index contributed by atoms with van der Waals surface area (Å²) < 4.78 is 0. The standard InChI is InChI=1S/C19H38/c1-14(2)17-16(13-19(7,8)15(3)4)11-9-10-12-18(17,5)6/h14-17H,9-13H2,1-8H3. The van der Waals surface area contributed by atoms with Crippen molar-refractivity contribution >= 4 is 0 Å². The molecular formula is C19H38. The minimum atomic E-state index is 0.484. The van der Waals surface area contributed by atoms with Crippen molar-refractivity contribution in [2.75, 3.05) is 0 Å². The average Bonchev–Trinajstić information content (AvgIpc) is 2.35. The molecule has 19 heavy (non-hydrogen) atoms. The zero-order valence-electron chi connectivity index (χ0n) is 14.8. The van der Waals surface area contributed by atoms with Gasteiger partial charge in [0, 0.05) is 0 Å². The Hall–Kier alpha value is 0. The molecule has 2 atom stereocenters. The van der Waals surface area contributed by atoms with Gasteiger partial charge in [-0.2, -0.15) is 0 Å². The van der Waals surface area contributed by atoms with Crippen molar-refractivity contribution in [3.8, 4) is 0 Å². The Morgan fingerprint density at radius 1 is 1.05 bits per heavy atom. The van der Waals surface area contributed by atoms with Crippen molar-refractivity contribution < 1.29 is 0 Å². The molecule has 0 radical (unpaired) electrons. The third-order valence-corrected chi connectivity index (χ3v) is 6.13. The predicted octanol–water partition coefficient (Wildman–Crippen LogP) is 6.55. The minimum absolute atomic E-state index is 0.484. The Morgan fingerprint density at radius 2 is 1.63 bits per heavy atom. The molecular weight excluding hydrogens is 228 g/mol. The Morgan fingerprint density at radius 3 is 2.11 bits per heavy atom. The van der Waals surface area contributed by atoms with Crippen LogP contribution in [0.5, 0.6) is 0 Å². The van der Waals surface area contributed by atoms with Gasteiger partial charge >= 0.3 is 0 Å². The summed E-state index contributed by atoms with van der Waals surface area (Å²) in [4.78, 5) is 0. The quantitative estimate of drug-likeness (QED) is 0.506. The molecule has 2 unspecified atom stereocenters. The first-order valence-electron chi connectivity index (χ1n) is 8.58. The fraction of sp³-hybridized carbons (Fsp3) is 1.00. The van der Waals surface area contributed by atoms with Crippen LogP contribution in [0.4, 0.5) is 0 Å². The Kier molecular flexibility index (Phi) is 5.55. The number of hydrogen-bond acceptors (Lipinski definition) is 0. The molecule has 0 heterocycles. The zero-order chi connectivity index (χ0) is 14.8. The van der Waals surface area contributed by atoms with E-state index in [0.29, 0.717) is 10.8 Å². The molecule has 1 aliphatic rings. The largest absolute Gasteiger partial charge is 0.0625 e. The summed E-state index contributed by atoms with van der Waals surface area (Å²) in [5.74, 6) is 3.43. The van der Waals surface area contributed by atoms with Crippen LogP contribution in [-0.2, 0) is 0 Å². The van der Waals surface area contributed by atoms with Crippen LogP contribution in [-0.4, -0.2) is 0 Å². The van der Waals surface area contributed by atoms with Crippen LogP contribution in [0.25, 0.3) is 0 Å². The van der Waals surface area contributed by atoms with Crippen LogP contribution in [0.15, 0.2) is 0 Å². The molecule has 1 fully saturated rings. The minimum Gasteiger partial charge on any atom is -0.0625 e. The van der Waals surface area contributed by atoms with Gasteiger partial charge in [0.2, 0.25) is 0 Å². The SMILES string of the molecule is CC(C)C1C(CC(C)(C)C(C)C)CCCCC1(C)C. The molecule has 0 aliphatic heterocycles. The first-order valence-corrected chi connectivity index (χ1v) is 8.58. The van der Waals surface area contributed by atoms with Crippen LogP contribution < -0.4 is 0 Å². The summed E-state index contributed by atoms with van der Waals surface area (Å²) in [6.07, 6.45) is 7.19. The van der Waals surface area contributed by atoms with Crippen molar-refractivity contribution in [3.05, 3.63) is 0 Å². The third-order valence-electron chi connectivity index (χ3n) is 6.13. The molecule has 1 saturated carbocycles. The molecule has 0 heteroatoms. The van der Waals surface area contributed by atoms with E-state index in [2.05, 4.69) is 55.4 Å². The van der Waals surface area contributed by atoms with Gasteiger partial charge in [0.1, 0.15) is 0 Å². The topological polar surface area (TPSA) is 0 Å². The van der Waals surface area contributed by atoms with E-state index in [1.165, 1.54) is 32.1 Å². The summed E-state index contributed by atoms with van der Waals surface area (Å²) in [7, 11) is 0. The maximum atomic E-state index is 2.53. The van der Waals surface area contributed by atoms with Crippen molar-refractivity contribution in [2.45, 2.75) is 87.5 Å². The Labute approximate surface area is 122 Å². The van der Waals surface area contributed by atoms with E-state index in [-0.39, 0.29) is 0 Å². The van der Waals surface area contributed by atoms with E-state index >= 15 is 0 Å². The first kappa shape index (κ1) is 17.1. The van der Waals surface area contributed by atoms with Gasteiger partial charge in [0.05, 0.1) is 0 Å². The molecule has 0 bridgehead atoms. The normalized spacial score (nSPS) is 28.7. The number of rotatable bonds is 4. The van der Waals surface area contributed by atoms with E-state index in [4.69, 9.17) is 0 Å². The molecule has 0 nitrogen and oxygen atoms in total. The lowest BCUT2D eigenvalue weighted by atomic mass is 9.61. The lowest BCUT2D eigenvalue weighted by Crippen LogP contribution is -2.36. The molecule has 0 spiro atoms. The van der Waals surface area contributed by atoms with Gasteiger partial charge in [-0.25, -0.2) is 0 Å². The highest BCUT2D eigenvalue weighted by atomic mass is 14.5. The highest BCUT2D eigenvalue weighted by Gasteiger charge is 2.41. The van der Waals surface area contributed by atoms with Gasteiger partial charge in [-0.3, -0.25) is 0 Å². The zero-order valence-corrected chi connectivity index (χ0v) is 14.8. The smallest absolute Gasteiger partial charge is 0.0311 e. The third kappa shape index (κ3) is 4.23. The fourth-order valence-electron chi connectivity index (χ4n) is 4.56. The van der Waals surface area contributed by atoms with E-state index in [1.54, 1.807) is 0 Å². The monoisotopic (exact) mass is 266 g/mol. The van der Waals surface area contributed by atoms with Gasteiger partial charge in [-0.1, -0.05) is 74.7 Å². The molecule has 0 amide bonds. The molecule has 114 valence electrons. The lowest BCUT2D eigenvalue weighted by molar-refractivity contribution is 0.0523. The molecule has 0 N–H and O–H groups in total. The summed E-state index contributed by atoms with van der Waals surface area (Å²) >= 11 is 0. The van der Waals surface area contributed by atoms with Gasteiger partial charge in [0.25, 0.3) is 0 Å². The molecule has 0 aromatic heterocycles. The van der Waals surface area contributed by atoms with Gasteiger partial charge in [-0.05, 0) is 47.3 Å². The molecule has 0 saturated heterocycles. The lowest BCUT2D eigenvalue weighted by Gasteiger charge is -2.44. The molecule has 0 aromatic rings. The van der Waals surface area contributed by atoms with Gasteiger partial charge in [0.15, 0.2) is 0 Å². The van der Waals surface area contributed by atoms with Crippen molar-refractivity contribution in [3.63, 3.8) is 0 Å². The average molecular weight is 267 g/mol. The Balaban J connectivity index is 2.94. The van der Waals surface area contributed by atoms with Crippen LogP contribution >= 0.6 is 0 Å². The van der Waals surface area contributed by atoms with Crippen LogP contribution in [0.2, 0.25) is 0 Å². The summed E-state index contributed by atoms with van der Waals surface area (Å²) in [5.41, 5.74) is 1.01. The molecule has 1 aliphatic carbocycles. The summed E-state index contributed by atoms with van der Waals surface area (Å²) in [6, 6.07) is 0. The highest BCUT2D eigenvalue weighted by Crippen LogP contribution is 2.50. The van der Waals surface area contributed by atoms with Crippen LogP contribution in [0.3, 0.4) is 0 Å². The molecule has 0 aromatic carbocycles. The van der Waals surface area contributed by atoms with Crippen molar-refractivity contribution in [1.82, 2.24) is 0 Å². The van der Waals surface area contributed by atoms with Gasteiger partial charge < -0.3 is 0 Å². The van der Waals surface area contributed by atoms with E-state index in [0.717, 1.165) is 23.7 Å². The van der Waals surface area contributed by atoms with Crippen molar-refractivity contribution in [1.29, 1.82) is 0 Å². The maximum absolute atomic E-state index is 2.53. The first-order chi connectivity index (χ1) is 8.58. The van der Waals surface area contributed by atoms with E-state index in [1.807, 2.05) is 0 Å². The van der Waals surface area contributed by atoms with E-state index < -0.39 is 0 Å². The second-order valence-corrected chi connectivity index (χ2v) is 9.11. The van der Waals surface area contributed by atoms with Crippen LogP contribution in [0, 0.1) is 34.5 Å². The van der Waals surface area contributed by atoms with Crippen molar-refractivity contribution in [2.24, 2.45) is 34.5 Å². The van der Waals surface area contributed by atoms with Gasteiger partial charge in [-0.15, -0.1) is 0 Å². The second kappa shape index (κ2) is 6.19. The molecule has 1 rings (SSSR count). The second-order valence-electron chi connectivity index (χ2n) is 9.11. The fourth-order valence-corrected chi connectivity index (χ4v) is 4.56. The number of hydrogen-bond donors (Lipinski definition) is 0. The highest BCUT2D eigenvalue weighted by molar-refractivity contribution is 4.91. The van der Waals surface area contributed by atoms with E-state index in [9.17, 15) is 0 Å². The Bertz CT molecular complexity index is 270. The van der Waals surface area contributed by atoms with Crippen LogP contribution in [0.1, 0.15) is 87.5 Å². The predicted molar refractivity (Wildman–Crippen MR) is 87.3 cm³/mol. The maximum Gasteiger partial charge on any atom is -0.0311 e.